The summed E-state index contributed by atoms with van der Waals surface area (Å²) in [5.74, 6) is 0.174. The molecule has 2 aliphatic rings. The molecule has 5 heterocycles. The first-order valence-corrected chi connectivity index (χ1v) is 11.0. The number of halogens is 1. The Morgan fingerprint density at radius 3 is 3.06 bits per heavy atom. The number of pyridine rings is 1. The first-order chi connectivity index (χ1) is 15.0. The smallest absolute Gasteiger partial charge is 0.409 e. The molecular formula is C22H25ClN6O2. The summed E-state index contributed by atoms with van der Waals surface area (Å²) in [6.07, 6.45) is 6.03. The quantitative estimate of drug-likeness (QED) is 0.608. The van der Waals surface area contributed by atoms with Crippen molar-refractivity contribution in [2.24, 2.45) is 0 Å². The van der Waals surface area contributed by atoms with Crippen LogP contribution >= 0.6 is 11.6 Å². The van der Waals surface area contributed by atoms with Crippen LogP contribution in [0.4, 0.5) is 10.5 Å². The number of aromatic nitrogens is 4. The van der Waals surface area contributed by atoms with Crippen molar-refractivity contribution in [3.8, 4) is 0 Å². The summed E-state index contributed by atoms with van der Waals surface area (Å²) in [5.41, 5.74) is 5.14. The normalized spacial score (nSPS) is 21.3. The van der Waals surface area contributed by atoms with E-state index in [1.54, 1.807) is 11.2 Å². The van der Waals surface area contributed by atoms with Crippen LogP contribution in [0.15, 0.2) is 24.7 Å². The van der Waals surface area contributed by atoms with Gasteiger partial charge in [-0.1, -0.05) is 11.6 Å². The van der Waals surface area contributed by atoms with Crippen molar-refractivity contribution in [1.82, 2.24) is 24.8 Å². The second kappa shape index (κ2) is 8.00. The molecule has 1 fully saturated rings. The Balaban J connectivity index is 1.51. The molecule has 8 nitrogen and oxygen atoms in total. The molecule has 1 saturated heterocycles. The zero-order chi connectivity index (χ0) is 21.5. The highest BCUT2D eigenvalue weighted by Gasteiger charge is 2.33. The Hall–Kier alpha value is -2.87. The third-order valence-electron chi connectivity index (χ3n) is 6.44. The fourth-order valence-electron chi connectivity index (χ4n) is 4.93. The van der Waals surface area contributed by atoms with Crippen molar-refractivity contribution < 1.29 is 9.53 Å². The Bertz CT molecular complexity index is 1130. The second-order valence-corrected chi connectivity index (χ2v) is 8.71. The minimum Gasteiger partial charge on any atom is -0.453 e. The monoisotopic (exact) mass is 440 g/mol. The minimum atomic E-state index is -0.274. The first kappa shape index (κ1) is 20.1. The Morgan fingerprint density at radius 2 is 2.23 bits per heavy atom. The number of anilines is 1. The van der Waals surface area contributed by atoms with Crippen LogP contribution in [0.2, 0.25) is 5.15 Å². The molecule has 2 aliphatic heterocycles. The predicted molar refractivity (Wildman–Crippen MR) is 118 cm³/mol. The molecule has 0 bridgehead atoms. The number of hydrogen-bond donors (Lipinski definition) is 1. The van der Waals surface area contributed by atoms with Crippen LogP contribution in [0.3, 0.4) is 0 Å². The number of piperidine rings is 1. The maximum atomic E-state index is 12.1. The van der Waals surface area contributed by atoms with E-state index in [-0.39, 0.29) is 18.1 Å². The number of likely N-dealkylation sites (tertiary alicyclic amines) is 1. The lowest BCUT2D eigenvalue weighted by Gasteiger charge is -2.39. The molecule has 31 heavy (non-hydrogen) atoms. The Morgan fingerprint density at radius 1 is 1.35 bits per heavy atom. The standard InChI is InChI=1S/C22H25ClN6O2/c1-13-8-17-16(11-29(13)18-9-19(23)27-21-15(18)5-6-24-21)20(26-12-25-17)14-4-3-7-28(10-14)22(30)31-2/h5-6,9,12-14H,3-4,7-8,10-11H2,1-2H3,(H,24,27)/t13-,14?/m1/s1. The molecule has 5 rings (SSSR count). The van der Waals surface area contributed by atoms with E-state index in [1.807, 2.05) is 18.3 Å². The second-order valence-electron chi connectivity index (χ2n) is 8.32. The van der Waals surface area contributed by atoms with Gasteiger partial charge in [0.15, 0.2) is 0 Å². The Labute approximate surface area is 185 Å². The number of aromatic amines is 1. The number of carbonyl (C=O) groups excluding carboxylic acids is 1. The van der Waals surface area contributed by atoms with E-state index in [9.17, 15) is 4.79 Å². The van der Waals surface area contributed by atoms with E-state index in [1.165, 1.54) is 7.11 Å². The highest BCUT2D eigenvalue weighted by atomic mass is 35.5. The number of nitrogens with zero attached hydrogens (tertiary/aromatic N) is 5. The number of amides is 1. The van der Waals surface area contributed by atoms with Gasteiger partial charge in [0.05, 0.1) is 24.2 Å². The third kappa shape index (κ3) is 3.59. The van der Waals surface area contributed by atoms with E-state index in [0.717, 1.165) is 59.5 Å². The number of methoxy groups -OCH3 is 1. The molecule has 3 aromatic heterocycles. The molecule has 0 spiro atoms. The molecule has 162 valence electrons. The zero-order valence-corrected chi connectivity index (χ0v) is 18.4. The maximum absolute atomic E-state index is 12.1. The van der Waals surface area contributed by atoms with Crippen molar-refractivity contribution in [2.45, 2.75) is 44.7 Å². The summed E-state index contributed by atoms with van der Waals surface area (Å²) >= 11 is 6.33. The number of nitrogens with one attached hydrogen (secondary N) is 1. The summed E-state index contributed by atoms with van der Waals surface area (Å²) in [6.45, 7) is 4.24. The van der Waals surface area contributed by atoms with Gasteiger partial charge in [0.25, 0.3) is 0 Å². The van der Waals surface area contributed by atoms with Gasteiger partial charge in [0, 0.05) is 55.2 Å². The molecule has 2 atom stereocenters. The molecular weight excluding hydrogens is 416 g/mol. The van der Waals surface area contributed by atoms with Crippen LogP contribution in [0, 0.1) is 0 Å². The molecule has 3 aromatic rings. The number of carbonyl (C=O) groups is 1. The molecule has 0 aliphatic carbocycles. The molecule has 1 unspecified atom stereocenters. The van der Waals surface area contributed by atoms with Crippen molar-refractivity contribution >= 4 is 34.4 Å². The van der Waals surface area contributed by atoms with E-state index in [2.05, 4.69) is 26.8 Å². The minimum absolute atomic E-state index is 0.174. The van der Waals surface area contributed by atoms with Crippen molar-refractivity contribution in [1.29, 1.82) is 0 Å². The summed E-state index contributed by atoms with van der Waals surface area (Å²) in [5, 5.41) is 1.51. The van der Waals surface area contributed by atoms with Crippen molar-refractivity contribution in [2.75, 3.05) is 25.1 Å². The average molecular weight is 441 g/mol. The van der Waals surface area contributed by atoms with Gasteiger partial charge in [-0.15, -0.1) is 0 Å². The van der Waals surface area contributed by atoms with E-state index in [0.29, 0.717) is 18.2 Å². The highest BCUT2D eigenvalue weighted by Crippen LogP contribution is 2.37. The lowest BCUT2D eigenvalue weighted by Crippen LogP contribution is -2.42. The fourth-order valence-corrected chi connectivity index (χ4v) is 5.11. The van der Waals surface area contributed by atoms with Crippen molar-refractivity contribution in [3.05, 3.63) is 46.8 Å². The van der Waals surface area contributed by atoms with Gasteiger partial charge in [-0.25, -0.2) is 19.7 Å². The van der Waals surface area contributed by atoms with Crippen LogP contribution < -0.4 is 4.90 Å². The van der Waals surface area contributed by atoms with Crippen LogP contribution in [-0.2, 0) is 17.7 Å². The number of fused-ring (bicyclic) bond motifs is 2. The van der Waals surface area contributed by atoms with Crippen LogP contribution in [0.1, 0.15) is 42.6 Å². The van der Waals surface area contributed by atoms with E-state index < -0.39 is 0 Å². The average Bonchev–Trinajstić information content (AvgIpc) is 3.25. The van der Waals surface area contributed by atoms with Crippen LogP contribution in [0.5, 0.6) is 0 Å². The summed E-state index contributed by atoms with van der Waals surface area (Å²) in [4.78, 5) is 33.1. The van der Waals surface area contributed by atoms with Gasteiger partial charge < -0.3 is 19.5 Å². The van der Waals surface area contributed by atoms with Gasteiger partial charge in [0.2, 0.25) is 0 Å². The van der Waals surface area contributed by atoms with E-state index >= 15 is 0 Å². The molecule has 1 N–H and O–H groups in total. The van der Waals surface area contributed by atoms with Gasteiger partial charge in [-0.3, -0.25) is 0 Å². The topological polar surface area (TPSA) is 87.2 Å². The molecule has 1 amide bonds. The maximum Gasteiger partial charge on any atom is 0.409 e. The fraction of sp³-hybridized carbons (Fsp3) is 0.455. The summed E-state index contributed by atoms with van der Waals surface area (Å²) in [7, 11) is 1.43. The molecule has 0 radical (unpaired) electrons. The molecule has 9 heteroatoms. The van der Waals surface area contributed by atoms with Gasteiger partial charge >= 0.3 is 6.09 Å². The SMILES string of the molecule is COC(=O)N1CCCC(c2ncnc3c2CN(c2cc(Cl)nc4[nH]ccc24)[C@H](C)C3)C1. The number of hydrogen-bond acceptors (Lipinski definition) is 6. The zero-order valence-electron chi connectivity index (χ0n) is 17.6. The van der Waals surface area contributed by atoms with Crippen molar-refractivity contribution in [3.63, 3.8) is 0 Å². The van der Waals surface area contributed by atoms with Gasteiger partial charge in [-0.05, 0) is 31.9 Å². The third-order valence-corrected chi connectivity index (χ3v) is 6.64. The number of H-pyrrole nitrogens is 1. The van der Waals surface area contributed by atoms with E-state index in [4.69, 9.17) is 21.3 Å². The Kier molecular flexibility index (Phi) is 5.17. The predicted octanol–water partition coefficient (Wildman–Crippen LogP) is 3.90. The lowest BCUT2D eigenvalue weighted by atomic mass is 9.88. The van der Waals surface area contributed by atoms with Crippen LogP contribution in [-0.4, -0.2) is 57.2 Å². The molecule has 0 aromatic carbocycles. The number of ether oxygens (including phenoxy) is 1. The summed E-state index contributed by atoms with van der Waals surface area (Å²) in [6, 6.07) is 4.22. The first-order valence-electron chi connectivity index (χ1n) is 10.6. The summed E-state index contributed by atoms with van der Waals surface area (Å²) < 4.78 is 4.94. The largest absolute Gasteiger partial charge is 0.453 e. The van der Waals surface area contributed by atoms with Gasteiger partial charge in [-0.2, -0.15) is 0 Å². The lowest BCUT2D eigenvalue weighted by molar-refractivity contribution is 0.110. The highest BCUT2D eigenvalue weighted by molar-refractivity contribution is 6.30. The van der Waals surface area contributed by atoms with Gasteiger partial charge in [0.1, 0.15) is 17.1 Å². The molecule has 0 saturated carbocycles. The number of rotatable bonds is 2. The van der Waals surface area contributed by atoms with Crippen LogP contribution in [0.25, 0.3) is 11.0 Å².